The number of benzene rings is 2. The van der Waals surface area contributed by atoms with Crippen LogP contribution in [0.4, 0.5) is 11.4 Å². The Hall–Kier alpha value is -2.41. The third kappa shape index (κ3) is 6.31. The van der Waals surface area contributed by atoms with Gasteiger partial charge in [0.2, 0.25) is 0 Å². The van der Waals surface area contributed by atoms with Crippen LogP contribution in [0.5, 0.6) is 0 Å². The molecule has 174 valence electrons. The number of carbonyl (C=O) groups is 1. The van der Waals surface area contributed by atoms with E-state index < -0.39 is 0 Å². The standard InChI is InChI=1S/C26H38N4O2/c1-19-15-29(16-20(2)28(19)6)18-25(31)30(32)17-21-7-11-23(12-8-21)27-24-13-9-22(10-14-24)26(3,4)5/h7-14,19-20,27,32H,15-18H2,1-6H3/t19-,20-/m0/s1. The first-order chi connectivity index (χ1) is 15.0. The summed E-state index contributed by atoms with van der Waals surface area (Å²) in [6.07, 6.45) is 0. The molecule has 0 bridgehead atoms. The van der Waals surface area contributed by atoms with E-state index in [-0.39, 0.29) is 24.4 Å². The molecule has 1 aliphatic heterocycles. The predicted molar refractivity (Wildman–Crippen MR) is 130 cm³/mol. The second-order valence-electron chi connectivity index (χ2n) is 10.2. The number of hydrogen-bond acceptors (Lipinski definition) is 5. The van der Waals surface area contributed by atoms with E-state index in [1.807, 2.05) is 24.3 Å². The van der Waals surface area contributed by atoms with Crippen LogP contribution in [0.2, 0.25) is 0 Å². The lowest BCUT2D eigenvalue weighted by molar-refractivity contribution is -0.170. The molecular formula is C26H38N4O2. The number of nitrogens with zero attached hydrogens (tertiary/aromatic N) is 3. The minimum absolute atomic E-state index is 0.134. The van der Waals surface area contributed by atoms with Gasteiger partial charge in [-0.3, -0.25) is 19.8 Å². The first-order valence-corrected chi connectivity index (χ1v) is 11.4. The van der Waals surface area contributed by atoms with Crippen LogP contribution >= 0.6 is 0 Å². The van der Waals surface area contributed by atoms with Crippen LogP contribution in [0, 0.1) is 0 Å². The van der Waals surface area contributed by atoms with Crippen LogP contribution < -0.4 is 5.32 Å². The SMILES string of the molecule is C[C@H]1CN(CC(=O)N(O)Cc2ccc(Nc3ccc(C(C)(C)C)cc3)cc2)C[C@H](C)N1C. The van der Waals surface area contributed by atoms with Crippen molar-refractivity contribution in [3.8, 4) is 0 Å². The Morgan fingerprint density at radius 1 is 1.00 bits per heavy atom. The molecule has 32 heavy (non-hydrogen) atoms. The Morgan fingerprint density at radius 2 is 1.50 bits per heavy atom. The van der Waals surface area contributed by atoms with Crippen molar-refractivity contribution in [1.29, 1.82) is 0 Å². The second-order valence-corrected chi connectivity index (χ2v) is 10.2. The van der Waals surface area contributed by atoms with Crippen molar-refractivity contribution in [3.05, 3.63) is 59.7 Å². The van der Waals surface area contributed by atoms with Crippen LogP contribution in [0.1, 0.15) is 45.7 Å². The van der Waals surface area contributed by atoms with Gasteiger partial charge < -0.3 is 5.32 Å². The maximum Gasteiger partial charge on any atom is 0.260 e. The first kappa shape index (κ1) is 24.2. The smallest absolute Gasteiger partial charge is 0.260 e. The predicted octanol–water partition coefficient (Wildman–Crippen LogP) is 4.47. The average Bonchev–Trinajstić information content (AvgIpc) is 2.73. The van der Waals surface area contributed by atoms with E-state index in [4.69, 9.17) is 0 Å². The van der Waals surface area contributed by atoms with Gasteiger partial charge in [-0.05, 0) is 61.7 Å². The van der Waals surface area contributed by atoms with E-state index in [1.54, 1.807) is 0 Å². The number of rotatable bonds is 6. The molecule has 1 aliphatic rings. The molecule has 1 heterocycles. The molecule has 2 aromatic rings. The molecule has 0 saturated carbocycles. The number of hydroxylamine groups is 2. The lowest BCUT2D eigenvalue weighted by Gasteiger charge is -2.42. The van der Waals surface area contributed by atoms with Crippen molar-refractivity contribution in [2.45, 2.75) is 58.7 Å². The summed E-state index contributed by atoms with van der Waals surface area (Å²) in [5, 5.41) is 14.5. The summed E-state index contributed by atoms with van der Waals surface area (Å²) in [5.74, 6) is -0.268. The summed E-state index contributed by atoms with van der Waals surface area (Å²) in [4.78, 5) is 17.0. The number of amides is 1. The van der Waals surface area contributed by atoms with Gasteiger partial charge in [0.05, 0.1) is 13.1 Å². The van der Waals surface area contributed by atoms with Crippen LogP contribution in [0.15, 0.2) is 48.5 Å². The van der Waals surface area contributed by atoms with Crippen LogP contribution in [0.25, 0.3) is 0 Å². The molecule has 0 aromatic heterocycles. The van der Waals surface area contributed by atoms with Crippen LogP contribution in [-0.4, -0.2) is 64.7 Å². The van der Waals surface area contributed by atoms with E-state index in [0.717, 1.165) is 35.1 Å². The quantitative estimate of drug-likeness (QED) is 0.515. The van der Waals surface area contributed by atoms with Gasteiger partial charge in [-0.2, -0.15) is 0 Å². The summed E-state index contributed by atoms with van der Waals surface area (Å²) < 4.78 is 0. The fourth-order valence-corrected chi connectivity index (χ4v) is 4.09. The largest absolute Gasteiger partial charge is 0.356 e. The summed E-state index contributed by atoms with van der Waals surface area (Å²) >= 11 is 0. The zero-order valence-corrected chi connectivity index (χ0v) is 20.3. The number of hydrogen-bond donors (Lipinski definition) is 2. The molecule has 0 aliphatic carbocycles. The molecule has 1 saturated heterocycles. The van der Waals surface area contributed by atoms with Gasteiger partial charge in [0, 0.05) is 36.5 Å². The highest BCUT2D eigenvalue weighted by Crippen LogP contribution is 2.25. The maximum atomic E-state index is 12.5. The molecule has 0 unspecified atom stereocenters. The lowest BCUT2D eigenvalue weighted by atomic mass is 9.87. The second kappa shape index (κ2) is 10.0. The third-order valence-corrected chi connectivity index (χ3v) is 6.41. The number of anilines is 2. The third-order valence-electron chi connectivity index (χ3n) is 6.41. The van der Waals surface area contributed by atoms with Crippen molar-refractivity contribution in [2.75, 3.05) is 32.0 Å². The maximum absolute atomic E-state index is 12.5. The molecule has 0 radical (unpaired) electrons. The van der Waals surface area contributed by atoms with Gasteiger partial charge in [0.1, 0.15) is 0 Å². The van der Waals surface area contributed by atoms with Crippen molar-refractivity contribution in [1.82, 2.24) is 14.9 Å². The summed E-state index contributed by atoms with van der Waals surface area (Å²) in [6, 6.07) is 17.0. The normalized spacial score (nSPS) is 20.2. The van der Waals surface area contributed by atoms with Gasteiger partial charge in [0.25, 0.3) is 5.91 Å². The molecule has 6 nitrogen and oxygen atoms in total. The first-order valence-electron chi connectivity index (χ1n) is 11.4. The summed E-state index contributed by atoms with van der Waals surface area (Å²) in [5.41, 5.74) is 4.31. The molecule has 2 atom stereocenters. The highest BCUT2D eigenvalue weighted by atomic mass is 16.5. The molecule has 6 heteroatoms. The molecule has 2 aromatic carbocycles. The number of nitrogens with one attached hydrogen (secondary N) is 1. The Kier molecular flexibility index (Phi) is 7.59. The molecule has 1 fully saturated rings. The van der Waals surface area contributed by atoms with Gasteiger partial charge >= 0.3 is 0 Å². The summed E-state index contributed by atoms with van der Waals surface area (Å²) in [7, 11) is 2.12. The number of piperazine rings is 1. The van der Waals surface area contributed by atoms with Gasteiger partial charge in [-0.15, -0.1) is 0 Å². The van der Waals surface area contributed by atoms with Gasteiger partial charge in [-0.1, -0.05) is 45.0 Å². The summed E-state index contributed by atoms with van der Waals surface area (Å²) in [6.45, 7) is 13.0. The van der Waals surface area contributed by atoms with E-state index in [0.29, 0.717) is 12.1 Å². The van der Waals surface area contributed by atoms with Crippen molar-refractivity contribution < 1.29 is 10.0 Å². The zero-order valence-electron chi connectivity index (χ0n) is 20.3. The Morgan fingerprint density at radius 3 is 2.00 bits per heavy atom. The van der Waals surface area contributed by atoms with Gasteiger partial charge in [0.15, 0.2) is 0 Å². The molecule has 2 N–H and O–H groups in total. The number of likely N-dealkylation sites (N-methyl/N-ethyl adjacent to an activating group) is 1. The Balaban J connectivity index is 1.52. The van der Waals surface area contributed by atoms with E-state index >= 15 is 0 Å². The minimum atomic E-state index is -0.268. The highest BCUT2D eigenvalue weighted by Gasteiger charge is 2.28. The van der Waals surface area contributed by atoms with Crippen LogP contribution in [0.3, 0.4) is 0 Å². The minimum Gasteiger partial charge on any atom is -0.356 e. The molecule has 3 rings (SSSR count). The Labute approximate surface area is 192 Å². The van der Waals surface area contributed by atoms with E-state index in [9.17, 15) is 10.0 Å². The lowest BCUT2D eigenvalue weighted by Crippen LogP contribution is -2.56. The van der Waals surface area contributed by atoms with Crippen molar-refractivity contribution in [3.63, 3.8) is 0 Å². The average molecular weight is 439 g/mol. The monoisotopic (exact) mass is 438 g/mol. The van der Waals surface area contributed by atoms with Crippen molar-refractivity contribution >= 4 is 17.3 Å². The zero-order chi connectivity index (χ0) is 23.5. The highest BCUT2D eigenvalue weighted by molar-refractivity contribution is 5.77. The topological polar surface area (TPSA) is 59.1 Å². The fraction of sp³-hybridized carbons (Fsp3) is 0.500. The van der Waals surface area contributed by atoms with Gasteiger partial charge in [-0.25, -0.2) is 5.06 Å². The molecule has 1 amide bonds. The number of carbonyl (C=O) groups excluding carboxylic acids is 1. The van der Waals surface area contributed by atoms with Crippen molar-refractivity contribution in [2.24, 2.45) is 0 Å². The van der Waals surface area contributed by atoms with E-state index in [2.05, 4.69) is 81.0 Å². The molecule has 0 spiro atoms. The molecular weight excluding hydrogens is 400 g/mol. The Bertz CT molecular complexity index is 878. The van der Waals surface area contributed by atoms with E-state index in [1.165, 1.54) is 5.56 Å². The fourth-order valence-electron chi connectivity index (χ4n) is 4.09. The van der Waals surface area contributed by atoms with Crippen LogP contribution in [-0.2, 0) is 16.8 Å².